The fraction of sp³-hybridized carbons (Fsp3) is 0.238. The Kier molecular flexibility index (Phi) is 4.80. The highest BCUT2D eigenvalue weighted by Gasteiger charge is 2.25. The van der Waals surface area contributed by atoms with Crippen LogP contribution >= 0.6 is 0 Å². The van der Waals surface area contributed by atoms with Crippen molar-refractivity contribution in [1.29, 1.82) is 0 Å². The number of rotatable bonds is 3. The molecule has 0 radical (unpaired) electrons. The van der Waals surface area contributed by atoms with Crippen LogP contribution in [-0.2, 0) is 16.1 Å². The molecule has 5 heteroatoms. The third-order valence-electron chi connectivity index (χ3n) is 3.71. The minimum Gasteiger partial charge on any atom is -0.456 e. The molecule has 0 amide bonds. The van der Waals surface area contributed by atoms with Crippen molar-refractivity contribution < 1.29 is 19.1 Å². The molecule has 1 aromatic heterocycles. The average Bonchev–Trinajstić information content (AvgIpc) is 2.99. The van der Waals surface area contributed by atoms with Crippen LogP contribution < -0.4 is 0 Å². The van der Waals surface area contributed by atoms with Gasteiger partial charge in [-0.05, 0) is 38.5 Å². The molecule has 0 aliphatic heterocycles. The molecule has 1 heterocycles. The molecule has 0 saturated heterocycles. The molecule has 0 fully saturated rings. The van der Waals surface area contributed by atoms with Crippen LogP contribution in [0.2, 0.25) is 0 Å². The molecule has 0 spiro atoms. The van der Waals surface area contributed by atoms with E-state index in [0.29, 0.717) is 5.52 Å². The Balaban J connectivity index is 1.92. The van der Waals surface area contributed by atoms with Crippen LogP contribution in [0, 0.1) is 0 Å². The van der Waals surface area contributed by atoms with Gasteiger partial charge in [-0.3, -0.25) is 0 Å². The van der Waals surface area contributed by atoms with E-state index in [1.165, 1.54) is 4.57 Å². The van der Waals surface area contributed by atoms with Gasteiger partial charge in [-0.15, -0.1) is 0 Å². The molecule has 0 atom stereocenters. The summed E-state index contributed by atoms with van der Waals surface area (Å²) in [7, 11) is 0. The number of nitrogens with zero attached hydrogens (tertiary/aromatic N) is 1. The lowest BCUT2D eigenvalue weighted by Gasteiger charge is -2.20. The minimum absolute atomic E-state index is 0.134. The van der Waals surface area contributed by atoms with Crippen LogP contribution in [0.25, 0.3) is 10.9 Å². The summed E-state index contributed by atoms with van der Waals surface area (Å²) in [5.41, 5.74) is 0.957. The van der Waals surface area contributed by atoms with E-state index in [-0.39, 0.29) is 12.3 Å². The number of aromatic nitrogens is 1. The van der Waals surface area contributed by atoms with E-state index in [2.05, 4.69) is 0 Å². The van der Waals surface area contributed by atoms with E-state index < -0.39 is 17.7 Å². The average molecular weight is 351 g/mol. The second kappa shape index (κ2) is 7.04. The summed E-state index contributed by atoms with van der Waals surface area (Å²) in [6, 6.07) is 18.3. The minimum atomic E-state index is -0.673. The molecule has 3 rings (SSSR count). The van der Waals surface area contributed by atoms with Crippen LogP contribution in [0.5, 0.6) is 0 Å². The maximum absolute atomic E-state index is 12.7. The van der Waals surface area contributed by atoms with Crippen molar-refractivity contribution in [3.63, 3.8) is 0 Å². The largest absolute Gasteiger partial charge is 0.456 e. The lowest BCUT2D eigenvalue weighted by molar-refractivity contribution is 0.0418. The van der Waals surface area contributed by atoms with Crippen LogP contribution in [0.1, 0.15) is 36.8 Å². The maximum Gasteiger partial charge on any atom is 0.419 e. The highest BCUT2D eigenvalue weighted by Crippen LogP contribution is 2.23. The molecule has 26 heavy (non-hydrogen) atoms. The van der Waals surface area contributed by atoms with Crippen LogP contribution in [0.4, 0.5) is 4.79 Å². The van der Waals surface area contributed by atoms with Gasteiger partial charge in [-0.2, -0.15) is 0 Å². The van der Waals surface area contributed by atoms with E-state index in [0.717, 1.165) is 10.9 Å². The summed E-state index contributed by atoms with van der Waals surface area (Å²) in [5.74, 6) is -0.573. The van der Waals surface area contributed by atoms with Gasteiger partial charge < -0.3 is 9.47 Å². The van der Waals surface area contributed by atoms with E-state index in [9.17, 15) is 9.59 Å². The first kappa shape index (κ1) is 17.7. The van der Waals surface area contributed by atoms with E-state index in [1.807, 2.05) is 48.5 Å². The summed E-state index contributed by atoms with van der Waals surface area (Å²) in [6.07, 6.45) is -0.606. The second-order valence-electron chi connectivity index (χ2n) is 6.97. The molecule has 0 bridgehead atoms. The Hall–Kier alpha value is -3.08. The summed E-state index contributed by atoms with van der Waals surface area (Å²) < 4.78 is 12.1. The zero-order valence-electron chi connectivity index (χ0n) is 15.1. The molecule has 2 aromatic carbocycles. The lowest BCUT2D eigenvalue weighted by atomic mass is 10.2. The van der Waals surface area contributed by atoms with Crippen molar-refractivity contribution >= 4 is 23.0 Å². The second-order valence-corrected chi connectivity index (χ2v) is 6.97. The number of benzene rings is 2. The number of hydrogen-bond donors (Lipinski definition) is 0. The first-order valence-electron chi connectivity index (χ1n) is 8.40. The first-order valence-corrected chi connectivity index (χ1v) is 8.40. The van der Waals surface area contributed by atoms with Crippen molar-refractivity contribution in [2.24, 2.45) is 0 Å². The molecule has 3 aromatic rings. The van der Waals surface area contributed by atoms with E-state index >= 15 is 0 Å². The van der Waals surface area contributed by atoms with Gasteiger partial charge in [-0.25, -0.2) is 14.2 Å². The van der Waals surface area contributed by atoms with Crippen molar-refractivity contribution in [3.05, 3.63) is 71.9 Å². The van der Waals surface area contributed by atoms with Crippen molar-refractivity contribution in [3.8, 4) is 0 Å². The SMILES string of the molecule is CC(C)(C)OC(=O)n1c(C(=O)OCc2ccccc2)cc2ccccc21. The summed E-state index contributed by atoms with van der Waals surface area (Å²) >= 11 is 0. The van der Waals surface area contributed by atoms with Gasteiger partial charge in [0.15, 0.2) is 0 Å². The Morgan fingerprint density at radius 2 is 1.62 bits per heavy atom. The van der Waals surface area contributed by atoms with Gasteiger partial charge in [0.2, 0.25) is 0 Å². The van der Waals surface area contributed by atoms with Gasteiger partial charge in [0.1, 0.15) is 17.9 Å². The standard InChI is InChI=1S/C21H21NO4/c1-21(2,3)26-20(24)22-17-12-8-7-11-16(17)13-18(22)19(23)25-14-15-9-5-4-6-10-15/h4-13H,14H2,1-3H3. The molecule has 0 N–H and O–H groups in total. The molecular formula is C21H21NO4. The highest BCUT2D eigenvalue weighted by atomic mass is 16.6. The Morgan fingerprint density at radius 3 is 2.31 bits per heavy atom. The number of carbonyl (C=O) groups is 2. The fourth-order valence-electron chi connectivity index (χ4n) is 2.61. The predicted octanol–water partition coefficient (Wildman–Crippen LogP) is 4.78. The van der Waals surface area contributed by atoms with Crippen LogP contribution in [0.15, 0.2) is 60.7 Å². The first-order chi connectivity index (χ1) is 12.3. The zero-order valence-corrected chi connectivity index (χ0v) is 15.1. The maximum atomic E-state index is 12.7. The third kappa shape index (κ3) is 3.94. The topological polar surface area (TPSA) is 57.5 Å². The molecule has 0 aliphatic rings. The van der Waals surface area contributed by atoms with E-state index in [1.54, 1.807) is 32.9 Å². The molecule has 0 unspecified atom stereocenters. The fourth-order valence-corrected chi connectivity index (χ4v) is 2.61. The molecule has 134 valence electrons. The van der Waals surface area contributed by atoms with Crippen molar-refractivity contribution in [2.45, 2.75) is 33.0 Å². The quantitative estimate of drug-likeness (QED) is 0.637. The molecule has 0 aliphatic carbocycles. The smallest absolute Gasteiger partial charge is 0.419 e. The Morgan fingerprint density at radius 1 is 0.962 bits per heavy atom. The number of para-hydroxylation sites is 1. The monoisotopic (exact) mass is 351 g/mol. The number of hydrogen-bond acceptors (Lipinski definition) is 4. The summed E-state index contributed by atoms with van der Waals surface area (Å²) in [4.78, 5) is 25.3. The lowest BCUT2D eigenvalue weighted by Crippen LogP contribution is -2.29. The zero-order chi connectivity index (χ0) is 18.7. The summed E-state index contributed by atoms with van der Waals surface area (Å²) in [6.45, 7) is 5.48. The van der Waals surface area contributed by atoms with Gasteiger partial charge in [0, 0.05) is 5.39 Å². The van der Waals surface area contributed by atoms with E-state index in [4.69, 9.17) is 9.47 Å². The normalized spacial score (nSPS) is 11.3. The summed E-state index contributed by atoms with van der Waals surface area (Å²) in [5, 5.41) is 0.769. The predicted molar refractivity (Wildman–Crippen MR) is 99.1 cm³/mol. The molecule has 0 saturated carbocycles. The molecular weight excluding hydrogens is 330 g/mol. The number of esters is 1. The van der Waals surface area contributed by atoms with Crippen LogP contribution in [0.3, 0.4) is 0 Å². The number of ether oxygens (including phenoxy) is 2. The third-order valence-corrected chi connectivity index (χ3v) is 3.71. The Labute approximate surface area is 152 Å². The highest BCUT2D eigenvalue weighted by molar-refractivity contribution is 6.01. The van der Waals surface area contributed by atoms with Crippen molar-refractivity contribution in [2.75, 3.05) is 0 Å². The van der Waals surface area contributed by atoms with Gasteiger partial charge in [0.25, 0.3) is 0 Å². The van der Waals surface area contributed by atoms with Gasteiger partial charge in [-0.1, -0.05) is 48.5 Å². The number of fused-ring (bicyclic) bond motifs is 1. The number of carbonyl (C=O) groups excluding carboxylic acids is 2. The van der Waals surface area contributed by atoms with Gasteiger partial charge in [0.05, 0.1) is 5.52 Å². The Bertz CT molecular complexity index is 936. The molecule has 5 nitrogen and oxygen atoms in total. The van der Waals surface area contributed by atoms with Crippen molar-refractivity contribution in [1.82, 2.24) is 4.57 Å². The van der Waals surface area contributed by atoms with Gasteiger partial charge >= 0.3 is 12.1 Å². The van der Waals surface area contributed by atoms with Crippen LogP contribution in [-0.4, -0.2) is 22.2 Å².